The molecule has 0 aliphatic rings. The van der Waals surface area contributed by atoms with Gasteiger partial charge in [-0.05, 0) is 13.0 Å². The normalized spacial score (nSPS) is 10.5. The molecule has 3 aromatic rings. The minimum atomic E-state index is -0.467. The molecule has 2 N–H and O–H groups in total. The van der Waals surface area contributed by atoms with Crippen molar-refractivity contribution in [2.75, 3.05) is 24.4 Å². The molecule has 0 atom stereocenters. The number of rotatable bonds is 5. The number of nitriles is 1. The summed E-state index contributed by atoms with van der Waals surface area (Å²) in [5, 5.41) is 18.7. The number of anilines is 2. The lowest BCUT2D eigenvalue weighted by Crippen LogP contribution is -2.22. The largest absolute Gasteiger partial charge is 0.384 e. The van der Waals surface area contributed by atoms with Gasteiger partial charge >= 0.3 is 6.03 Å². The van der Waals surface area contributed by atoms with E-state index in [4.69, 9.17) is 10.00 Å². The summed E-state index contributed by atoms with van der Waals surface area (Å²) in [6.45, 7) is 2.35. The molecular weight excluding hydrogens is 334 g/mol. The van der Waals surface area contributed by atoms with Crippen molar-refractivity contribution < 1.29 is 9.53 Å². The zero-order valence-electron chi connectivity index (χ0n) is 14.4. The zero-order valence-corrected chi connectivity index (χ0v) is 14.4. The second-order valence-electron chi connectivity index (χ2n) is 5.57. The molecule has 0 saturated heterocycles. The maximum atomic E-state index is 12.3. The van der Waals surface area contributed by atoms with Crippen molar-refractivity contribution in [3.63, 3.8) is 0 Å². The van der Waals surface area contributed by atoms with E-state index in [9.17, 15) is 4.79 Å². The fourth-order valence-corrected chi connectivity index (χ4v) is 2.49. The van der Waals surface area contributed by atoms with Crippen LogP contribution in [0.2, 0.25) is 0 Å². The highest BCUT2D eigenvalue weighted by molar-refractivity contribution is 6.00. The van der Waals surface area contributed by atoms with E-state index in [0.717, 1.165) is 11.4 Å². The molecular formula is C17H17N7O2. The van der Waals surface area contributed by atoms with E-state index >= 15 is 0 Å². The Labute approximate surface area is 149 Å². The maximum Gasteiger partial charge on any atom is 0.323 e. The highest BCUT2D eigenvalue weighted by Crippen LogP contribution is 2.18. The van der Waals surface area contributed by atoms with E-state index in [0.29, 0.717) is 35.6 Å². The summed E-state index contributed by atoms with van der Waals surface area (Å²) in [6.07, 6.45) is 5.02. The predicted octanol–water partition coefficient (Wildman–Crippen LogP) is 2.14. The summed E-state index contributed by atoms with van der Waals surface area (Å²) < 4.78 is 6.85. The van der Waals surface area contributed by atoms with Crippen LogP contribution in [0.25, 0.3) is 5.65 Å². The number of pyridine rings is 1. The van der Waals surface area contributed by atoms with Gasteiger partial charge in [-0.3, -0.25) is 4.98 Å². The van der Waals surface area contributed by atoms with E-state index in [2.05, 4.69) is 25.7 Å². The van der Waals surface area contributed by atoms with Gasteiger partial charge in [0.05, 0.1) is 47.3 Å². The number of aromatic nitrogens is 4. The Bertz CT molecular complexity index is 990. The lowest BCUT2D eigenvalue weighted by Gasteiger charge is -2.13. The predicted molar refractivity (Wildman–Crippen MR) is 94.9 cm³/mol. The van der Waals surface area contributed by atoms with Crippen molar-refractivity contribution in [3.8, 4) is 6.07 Å². The Morgan fingerprint density at radius 1 is 1.31 bits per heavy atom. The first-order valence-electron chi connectivity index (χ1n) is 7.87. The monoisotopic (exact) mass is 351 g/mol. The molecule has 0 aliphatic carbocycles. The van der Waals surface area contributed by atoms with Gasteiger partial charge in [-0.1, -0.05) is 0 Å². The maximum absolute atomic E-state index is 12.3. The second-order valence-corrected chi connectivity index (χ2v) is 5.57. The first-order chi connectivity index (χ1) is 12.6. The van der Waals surface area contributed by atoms with Gasteiger partial charge in [0.25, 0.3) is 0 Å². The molecule has 3 aromatic heterocycles. The summed E-state index contributed by atoms with van der Waals surface area (Å²) in [4.78, 5) is 20.6. The first kappa shape index (κ1) is 17.3. The molecule has 2 amide bonds. The number of ether oxygens (including phenoxy) is 1. The Hall–Kier alpha value is -3.51. The lowest BCUT2D eigenvalue weighted by atomic mass is 10.2. The molecule has 0 unspecified atom stereocenters. The quantitative estimate of drug-likeness (QED) is 0.727. The van der Waals surface area contributed by atoms with Crippen molar-refractivity contribution in [1.82, 2.24) is 19.6 Å². The van der Waals surface area contributed by atoms with E-state index in [1.54, 1.807) is 17.8 Å². The van der Waals surface area contributed by atoms with Gasteiger partial charge in [-0.25, -0.2) is 14.3 Å². The molecule has 0 spiro atoms. The molecule has 9 nitrogen and oxygen atoms in total. The van der Waals surface area contributed by atoms with Crippen molar-refractivity contribution in [2.24, 2.45) is 0 Å². The standard InChI is InChI=1S/C17H17N7O2/c1-11-5-16-20-10-14(15(3-4-26-2)24(16)23-11)22-17(25)21-13-6-12(7-18)8-19-9-13/h5-6,8-10H,3-4H2,1-2H3,(H2,21,22,25). The average Bonchev–Trinajstić information content (AvgIpc) is 3.01. The van der Waals surface area contributed by atoms with E-state index in [-0.39, 0.29) is 0 Å². The Balaban J connectivity index is 1.84. The van der Waals surface area contributed by atoms with Crippen molar-refractivity contribution in [2.45, 2.75) is 13.3 Å². The van der Waals surface area contributed by atoms with Crippen LogP contribution in [0.5, 0.6) is 0 Å². The third-order valence-electron chi connectivity index (χ3n) is 3.62. The minimum absolute atomic E-state index is 0.360. The SMILES string of the molecule is COCCc1c(NC(=O)Nc2cncc(C#N)c2)cnc2cc(C)nn12. The topological polar surface area (TPSA) is 117 Å². The van der Waals surface area contributed by atoms with Crippen LogP contribution in [0.3, 0.4) is 0 Å². The van der Waals surface area contributed by atoms with Gasteiger partial charge in [-0.15, -0.1) is 0 Å². The minimum Gasteiger partial charge on any atom is -0.384 e. The van der Waals surface area contributed by atoms with Crippen LogP contribution in [0.1, 0.15) is 17.0 Å². The number of fused-ring (bicyclic) bond motifs is 1. The summed E-state index contributed by atoms with van der Waals surface area (Å²) >= 11 is 0. The van der Waals surface area contributed by atoms with Gasteiger partial charge in [0.1, 0.15) is 6.07 Å². The van der Waals surface area contributed by atoms with E-state index in [1.807, 2.05) is 19.1 Å². The van der Waals surface area contributed by atoms with Gasteiger partial charge in [0.2, 0.25) is 0 Å². The first-order valence-corrected chi connectivity index (χ1v) is 7.87. The van der Waals surface area contributed by atoms with Gasteiger partial charge in [0.15, 0.2) is 5.65 Å². The number of carbonyl (C=O) groups excluding carboxylic acids is 1. The van der Waals surface area contributed by atoms with Crippen LogP contribution in [0.15, 0.2) is 30.7 Å². The van der Waals surface area contributed by atoms with Crippen LogP contribution in [-0.2, 0) is 11.2 Å². The van der Waals surface area contributed by atoms with Crippen molar-refractivity contribution in [3.05, 3.63) is 47.7 Å². The molecule has 0 radical (unpaired) electrons. The molecule has 3 rings (SSSR count). The second kappa shape index (κ2) is 7.58. The molecule has 0 fully saturated rings. The number of aryl methyl sites for hydroxylation is 1. The Morgan fingerprint density at radius 2 is 2.15 bits per heavy atom. The summed E-state index contributed by atoms with van der Waals surface area (Å²) in [5.74, 6) is 0. The molecule has 9 heteroatoms. The van der Waals surface area contributed by atoms with Gasteiger partial charge < -0.3 is 15.4 Å². The molecule has 3 heterocycles. The average molecular weight is 351 g/mol. The number of carbonyl (C=O) groups is 1. The third-order valence-corrected chi connectivity index (χ3v) is 3.62. The van der Waals surface area contributed by atoms with E-state index < -0.39 is 6.03 Å². The van der Waals surface area contributed by atoms with Crippen molar-refractivity contribution >= 4 is 23.1 Å². The molecule has 26 heavy (non-hydrogen) atoms. The summed E-state index contributed by atoms with van der Waals surface area (Å²) in [6, 6.07) is 4.91. The zero-order chi connectivity index (χ0) is 18.5. The Morgan fingerprint density at radius 3 is 2.92 bits per heavy atom. The van der Waals surface area contributed by atoms with Gasteiger partial charge in [0, 0.05) is 25.8 Å². The Kier molecular flexibility index (Phi) is 5.05. The summed E-state index contributed by atoms with van der Waals surface area (Å²) in [5.41, 5.74) is 3.62. The van der Waals surface area contributed by atoms with E-state index in [1.165, 1.54) is 18.5 Å². The number of hydrogen-bond donors (Lipinski definition) is 2. The van der Waals surface area contributed by atoms with Crippen LogP contribution < -0.4 is 10.6 Å². The molecule has 0 bridgehead atoms. The molecule has 0 aliphatic heterocycles. The smallest absolute Gasteiger partial charge is 0.323 e. The fourth-order valence-electron chi connectivity index (χ4n) is 2.49. The van der Waals surface area contributed by atoms with Crippen LogP contribution in [-0.4, -0.2) is 39.3 Å². The number of nitrogens with one attached hydrogen (secondary N) is 2. The number of hydrogen-bond acceptors (Lipinski definition) is 6. The number of nitrogens with zero attached hydrogens (tertiary/aromatic N) is 5. The lowest BCUT2D eigenvalue weighted by molar-refractivity contribution is 0.201. The van der Waals surface area contributed by atoms with Gasteiger partial charge in [-0.2, -0.15) is 10.4 Å². The van der Waals surface area contributed by atoms with Crippen molar-refractivity contribution in [1.29, 1.82) is 5.26 Å². The van der Waals surface area contributed by atoms with Crippen LogP contribution in [0, 0.1) is 18.3 Å². The highest BCUT2D eigenvalue weighted by atomic mass is 16.5. The summed E-state index contributed by atoms with van der Waals surface area (Å²) in [7, 11) is 1.61. The fraction of sp³-hybridized carbons (Fsp3) is 0.235. The number of methoxy groups -OCH3 is 1. The molecule has 0 saturated carbocycles. The number of urea groups is 1. The third kappa shape index (κ3) is 3.76. The van der Waals surface area contributed by atoms with Crippen LogP contribution in [0.4, 0.5) is 16.2 Å². The highest BCUT2D eigenvalue weighted by Gasteiger charge is 2.13. The van der Waals surface area contributed by atoms with Crippen LogP contribution >= 0.6 is 0 Å². The molecule has 0 aromatic carbocycles. The number of amides is 2. The molecule has 132 valence electrons.